The topological polar surface area (TPSA) is 37.3 Å². The molecule has 2 nitrogen and oxygen atoms in total. The first-order valence-electron chi connectivity index (χ1n) is 3.82. The zero-order valence-electron chi connectivity index (χ0n) is 6.76. The van der Waals surface area contributed by atoms with Crippen molar-refractivity contribution >= 4 is 5.78 Å². The molecular formula is C8H16O2. The second-order valence-corrected chi connectivity index (χ2v) is 2.80. The van der Waals surface area contributed by atoms with Gasteiger partial charge in [0.1, 0.15) is 5.78 Å². The lowest BCUT2D eigenvalue weighted by Crippen LogP contribution is -2.06. The van der Waals surface area contributed by atoms with Gasteiger partial charge in [0.05, 0.1) is 0 Å². The summed E-state index contributed by atoms with van der Waals surface area (Å²) in [7, 11) is 0. The lowest BCUT2D eigenvalue weighted by molar-refractivity contribution is -0.122. The molecule has 0 unspecified atom stereocenters. The number of ketones is 1. The van der Waals surface area contributed by atoms with Crippen molar-refractivity contribution in [2.24, 2.45) is 5.92 Å². The minimum atomic E-state index is 0.152. The number of hydrogen-bond acceptors (Lipinski definition) is 2. The first-order chi connectivity index (χ1) is 4.68. The summed E-state index contributed by atoms with van der Waals surface area (Å²) < 4.78 is 0. The van der Waals surface area contributed by atoms with E-state index in [1.165, 1.54) is 0 Å². The minimum Gasteiger partial charge on any atom is -0.396 e. The molecule has 0 heterocycles. The summed E-state index contributed by atoms with van der Waals surface area (Å²) in [5.41, 5.74) is 0. The Morgan fingerprint density at radius 2 is 2.00 bits per heavy atom. The van der Waals surface area contributed by atoms with E-state index in [1.807, 2.05) is 13.8 Å². The normalized spacial score (nSPS) is 10.4. The van der Waals surface area contributed by atoms with Gasteiger partial charge in [-0.1, -0.05) is 13.8 Å². The molecule has 0 rings (SSSR count). The van der Waals surface area contributed by atoms with Crippen molar-refractivity contribution in [1.29, 1.82) is 0 Å². The Morgan fingerprint density at radius 3 is 2.40 bits per heavy atom. The summed E-state index contributed by atoms with van der Waals surface area (Å²) in [5.74, 6) is 0.451. The van der Waals surface area contributed by atoms with Crippen LogP contribution in [-0.2, 0) is 4.79 Å². The lowest BCUT2D eigenvalue weighted by Gasteiger charge is -2.01. The summed E-state index contributed by atoms with van der Waals surface area (Å²) in [6.45, 7) is 4.01. The van der Waals surface area contributed by atoms with Crippen molar-refractivity contribution in [3.8, 4) is 0 Å². The molecule has 0 aromatic heterocycles. The summed E-state index contributed by atoms with van der Waals surface area (Å²) in [4.78, 5) is 10.9. The fraction of sp³-hybridized carbons (Fsp3) is 0.875. The SMILES string of the molecule is CC(C)C(=O)CCCCO. The maximum Gasteiger partial charge on any atom is 0.135 e. The van der Waals surface area contributed by atoms with E-state index in [0.29, 0.717) is 12.2 Å². The van der Waals surface area contributed by atoms with Crippen molar-refractivity contribution in [2.45, 2.75) is 33.1 Å². The zero-order valence-corrected chi connectivity index (χ0v) is 6.76. The Bertz CT molecular complexity index is 97.4. The van der Waals surface area contributed by atoms with Crippen molar-refractivity contribution in [3.63, 3.8) is 0 Å². The Hall–Kier alpha value is -0.370. The number of hydrogen-bond donors (Lipinski definition) is 1. The standard InChI is InChI=1S/C8H16O2/c1-7(2)8(10)5-3-4-6-9/h7,9H,3-6H2,1-2H3. The van der Waals surface area contributed by atoms with Crippen molar-refractivity contribution in [2.75, 3.05) is 6.61 Å². The van der Waals surface area contributed by atoms with E-state index < -0.39 is 0 Å². The van der Waals surface area contributed by atoms with Crippen LogP contribution in [0.15, 0.2) is 0 Å². The summed E-state index contributed by atoms with van der Waals surface area (Å²) >= 11 is 0. The number of unbranched alkanes of at least 4 members (excludes halogenated alkanes) is 1. The highest BCUT2D eigenvalue weighted by molar-refractivity contribution is 5.80. The number of aliphatic hydroxyl groups excluding tert-OH is 1. The van der Waals surface area contributed by atoms with E-state index in [9.17, 15) is 4.79 Å². The molecule has 10 heavy (non-hydrogen) atoms. The Labute approximate surface area is 62.2 Å². The van der Waals surface area contributed by atoms with Gasteiger partial charge in [-0.25, -0.2) is 0 Å². The van der Waals surface area contributed by atoms with Crippen molar-refractivity contribution < 1.29 is 9.90 Å². The molecule has 0 saturated heterocycles. The predicted molar refractivity (Wildman–Crippen MR) is 40.8 cm³/mol. The van der Waals surface area contributed by atoms with E-state index in [4.69, 9.17) is 5.11 Å². The van der Waals surface area contributed by atoms with Gasteiger partial charge in [0.2, 0.25) is 0 Å². The molecule has 0 aliphatic heterocycles. The summed E-state index contributed by atoms with van der Waals surface area (Å²) in [6.07, 6.45) is 2.20. The molecule has 0 atom stereocenters. The van der Waals surface area contributed by atoms with Gasteiger partial charge in [0.15, 0.2) is 0 Å². The third kappa shape index (κ3) is 4.50. The molecule has 60 valence electrons. The van der Waals surface area contributed by atoms with Crippen LogP contribution in [0, 0.1) is 5.92 Å². The van der Waals surface area contributed by atoms with Gasteiger partial charge in [0.25, 0.3) is 0 Å². The second kappa shape index (κ2) is 5.42. The molecule has 0 spiro atoms. The summed E-state index contributed by atoms with van der Waals surface area (Å²) in [5, 5.41) is 8.41. The van der Waals surface area contributed by atoms with E-state index in [1.54, 1.807) is 0 Å². The number of aliphatic hydroxyl groups is 1. The van der Waals surface area contributed by atoms with E-state index in [2.05, 4.69) is 0 Å². The van der Waals surface area contributed by atoms with Gasteiger partial charge in [-0.15, -0.1) is 0 Å². The van der Waals surface area contributed by atoms with Crippen LogP contribution in [-0.4, -0.2) is 17.5 Å². The number of carbonyl (C=O) groups is 1. The maximum atomic E-state index is 10.9. The average Bonchev–Trinajstić information content (AvgIpc) is 1.88. The van der Waals surface area contributed by atoms with E-state index >= 15 is 0 Å². The van der Waals surface area contributed by atoms with Crippen LogP contribution in [0.3, 0.4) is 0 Å². The second-order valence-electron chi connectivity index (χ2n) is 2.80. The quantitative estimate of drug-likeness (QED) is 0.592. The van der Waals surface area contributed by atoms with Crippen LogP contribution in [0.2, 0.25) is 0 Å². The van der Waals surface area contributed by atoms with Crippen LogP contribution in [0.1, 0.15) is 33.1 Å². The van der Waals surface area contributed by atoms with Crippen LogP contribution < -0.4 is 0 Å². The fourth-order valence-corrected chi connectivity index (χ4v) is 0.700. The van der Waals surface area contributed by atoms with Gasteiger partial charge in [-0.05, 0) is 12.8 Å². The smallest absolute Gasteiger partial charge is 0.135 e. The third-order valence-electron chi connectivity index (χ3n) is 1.48. The molecular weight excluding hydrogens is 128 g/mol. The molecule has 0 bridgehead atoms. The highest BCUT2D eigenvalue weighted by Gasteiger charge is 2.04. The first kappa shape index (κ1) is 9.63. The molecule has 1 N–H and O–H groups in total. The van der Waals surface area contributed by atoms with Gasteiger partial charge >= 0.3 is 0 Å². The molecule has 0 aromatic rings. The molecule has 0 radical (unpaired) electrons. The molecule has 0 amide bonds. The molecule has 0 fully saturated rings. The van der Waals surface area contributed by atoms with Crippen molar-refractivity contribution in [3.05, 3.63) is 0 Å². The van der Waals surface area contributed by atoms with Crippen LogP contribution in [0.25, 0.3) is 0 Å². The highest BCUT2D eigenvalue weighted by Crippen LogP contribution is 2.03. The molecule has 0 saturated carbocycles. The third-order valence-corrected chi connectivity index (χ3v) is 1.48. The zero-order chi connectivity index (χ0) is 7.98. The average molecular weight is 144 g/mol. The minimum absolute atomic E-state index is 0.152. The predicted octanol–water partition coefficient (Wildman–Crippen LogP) is 1.37. The highest BCUT2D eigenvalue weighted by atomic mass is 16.2. The first-order valence-corrected chi connectivity index (χ1v) is 3.82. The Kier molecular flexibility index (Phi) is 5.22. The molecule has 0 aromatic carbocycles. The van der Waals surface area contributed by atoms with E-state index in [-0.39, 0.29) is 12.5 Å². The monoisotopic (exact) mass is 144 g/mol. The molecule has 0 aliphatic carbocycles. The van der Waals surface area contributed by atoms with Gasteiger partial charge in [0, 0.05) is 18.9 Å². The van der Waals surface area contributed by atoms with Crippen molar-refractivity contribution in [1.82, 2.24) is 0 Å². The largest absolute Gasteiger partial charge is 0.396 e. The number of rotatable bonds is 5. The number of Topliss-reactive ketones (excluding diaryl/α,β-unsaturated/α-hetero) is 1. The molecule has 0 aliphatic rings. The van der Waals surface area contributed by atoms with Gasteiger partial charge in [-0.3, -0.25) is 4.79 Å². The summed E-state index contributed by atoms with van der Waals surface area (Å²) in [6, 6.07) is 0. The number of carbonyl (C=O) groups excluding carboxylic acids is 1. The van der Waals surface area contributed by atoms with Crippen LogP contribution in [0.4, 0.5) is 0 Å². The molecule has 2 heteroatoms. The lowest BCUT2D eigenvalue weighted by atomic mass is 10.0. The van der Waals surface area contributed by atoms with Gasteiger partial charge in [-0.2, -0.15) is 0 Å². The Balaban J connectivity index is 3.22. The van der Waals surface area contributed by atoms with E-state index in [0.717, 1.165) is 12.8 Å². The van der Waals surface area contributed by atoms with Gasteiger partial charge < -0.3 is 5.11 Å². The van der Waals surface area contributed by atoms with Crippen LogP contribution in [0.5, 0.6) is 0 Å². The fourth-order valence-electron chi connectivity index (χ4n) is 0.700. The maximum absolute atomic E-state index is 10.9. The van der Waals surface area contributed by atoms with Crippen LogP contribution >= 0.6 is 0 Å². The Morgan fingerprint density at radius 1 is 1.40 bits per heavy atom.